The minimum absolute atomic E-state index is 0.152. The largest absolute Gasteiger partial charge is 0.472 e. The van der Waals surface area contributed by atoms with Crippen LogP contribution < -0.4 is 5.32 Å². The molecule has 0 spiro atoms. The van der Waals surface area contributed by atoms with Gasteiger partial charge in [-0.25, -0.2) is 0 Å². The Morgan fingerprint density at radius 3 is 2.62 bits per heavy atom. The Kier molecular flexibility index (Phi) is 5.08. The summed E-state index contributed by atoms with van der Waals surface area (Å²) in [5.74, 6) is -0.152. The third-order valence-corrected chi connectivity index (χ3v) is 3.87. The molecule has 3 aromatic rings. The van der Waals surface area contributed by atoms with Crippen LogP contribution in [0.1, 0.15) is 28.4 Å². The molecule has 4 heteroatoms. The molecule has 122 valence electrons. The molecule has 1 atom stereocenters. The van der Waals surface area contributed by atoms with Crippen molar-refractivity contribution in [1.29, 1.82) is 0 Å². The Bertz CT molecular complexity index is 782. The van der Waals surface area contributed by atoms with Crippen LogP contribution >= 0.6 is 0 Å². The minimum atomic E-state index is -0.580. The Balaban J connectivity index is 1.57. The zero-order chi connectivity index (χ0) is 16.8. The van der Waals surface area contributed by atoms with E-state index >= 15 is 0 Å². The molecule has 0 radical (unpaired) electrons. The molecule has 1 amide bonds. The third kappa shape index (κ3) is 3.91. The molecule has 0 aliphatic carbocycles. The van der Waals surface area contributed by atoms with Crippen molar-refractivity contribution in [3.63, 3.8) is 0 Å². The Labute approximate surface area is 140 Å². The van der Waals surface area contributed by atoms with Crippen molar-refractivity contribution in [1.82, 2.24) is 5.32 Å². The molecule has 2 aromatic carbocycles. The van der Waals surface area contributed by atoms with Gasteiger partial charge in [0, 0.05) is 17.7 Å². The number of benzene rings is 2. The van der Waals surface area contributed by atoms with Crippen LogP contribution in [0.15, 0.2) is 77.6 Å². The van der Waals surface area contributed by atoms with Gasteiger partial charge in [-0.05, 0) is 35.7 Å². The van der Waals surface area contributed by atoms with Gasteiger partial charge in [-0.3, -0.25) is 4.79 Å². The normalized spacial score (nSPS) is 11.9. The number of hydrogen-bond donors (Lipinski definition) is 2. The average Bonchev–Trinajstić information content (AvgIpc) is 3.17. The predicted octanol–water partition coefficient (Wildman–Crippen LogP) is 3.80. The molecule has 4 nitrogen and oxygen atoms in total. The number of amides is 1. The first-order valence-corrected chi connectivity index (χ1v) is 7.88. The summed E-state index contributed by atoms with van der Waals surface area (Å²) in [5.41, 5.74) is 3.31. The lowest BCUT2D eigenvalue weighted by Gasteiger charge is -2.12. The second-order valence-electron chi connectivity index (χ2n) is 5.56. The number of carbonyl (C=O) groups excluding carboxylic acids is 1. The predicted molar refractivity (Wildman–Crippen MR) is 92.5 cm³/mol. The fourth-order valence-corrected chi connectivity index (χ4v) is 2.54. The van der Waals surface area contributed by atoms with Gasteiger partial charge in [-0.2, -0.15) is 0 Å². The summed E-state index contributed by atoms with van der Waals surface area (Å²) >= 11 is 0. The van der Waals surface area contributed by atoms with Gasteiger partial charge < -0.3 is 14.8 Å². The van der Waals surface area contributed by atoms with Gasteiger partial charge in [0.2, 0.25) is 0 Å². The lowest BCUT2D eigenvalue weighted by molar-refractivity contribution is 0.0942. The van der Waals surface area contributed by atoms with Crippen molar-refractivity contribution >= 4 is 5.91 Å². The molecular weight excluding hydrogens is 302 g/mol. The van der Waals surface area contributed by atoms with E-state index in [1.54, 1.807) is 18.6 Å². The zero-order valence-electron chi connectivity index (χ0n) is 13.2. The van der Waals surface area contributed by atoms with Gasteiger partial charge in [-0.15, -0.1) is 0 Å². The van der Waals surface area contributed by atoms with Crippen LogP contribution in [0.2, 0.25) is 0 Å². The molecule has 0 aliphatic rings. The molecule has 0 aliphatic heterocycles. The van der Waals surface area contributed by atoms with Gasteiger partial charge in [0.05, 0.1) is 18.6 Å². The first-order valence-electron chi connectivity index (χ1n) is 7.88. The molecular formula is C20H19NO3. The summed E-state index contributed by atoms with van der Waals surface area (Å²) < 4.78 is 5.07. The molecule has 1 heterocycles. The van der Waals surface area contributed by atoms with Crippen molar-refractivity contribution in [2.45, 2.75) is 12.5 Å². The molecule has 0 bridgehead atoms. The summed E-state index contributed by atoms with van der Waals surface area (Å²) in [4.78, 5) is 12.3. The van der Waals surface area contributed by atoms with E-state index in [1.165, 1.54) is 0 Å². The Hall–Kier alpha value is -2.85. The van der Waals surface area contributed by atoms with Crippen LogP contribution in [0, 0.1) is 0 Å². The maximum absolute atomic E-state index is 12.3. The first kappa shape index (κ1) is 16.0. The fraction of sp³-hybridized carbons (Fsp3) is 0.150. The zero-order valence-corrected chi connectivity index (χ0v) is 13.2. The van der Waals surface area contributed by atoms with Gasteiger partial charge in [0.25, 0.3) is 5.91 Å². The highest BCUT2D eigenvalue weighted by molar-refractivity contribution is 5.95. The minimum Gasteiger partial charge on any atom is -0.472 e. The lowest BCUT2D eigenvalue weighted by atomic mass is 10.1. The smallest absolute Gasteiger partial charge is 0.251 e. The molecule has 2 N–H and O–H groups in total. The van der Waals surface area contributed by atoms with Gasteiger partial charge >= 0.3 is 0 Å². The summed E-state index contributed by atoms with van der Waals surface area (Å²) in [6.07, 6.45) is 3.14. The topological polar surface area (TPSA) is 62.5 Å². The summed E-state index contributed by atoms with van der Waals surface area (Å²) in [6.45, 7) is 0.408. The van der Waals surface area contributed by atoms with Crippen molar-refractivity contribution in [3.05, 3.63) is 84.3 Å². The molecule has 0 fully saturated rings. The van der Waals surface area contributed by atoms with E-state index in [4.69, 9.17) is 4.42 Å². The quantitative estimate of drug-likeness (QED) is 0.726. The molecule has 24 heavy (non-hydrogen) atoms. The second kappa shape index (κ2) is 7.62. The van der Waals surface area contributed by atoms with Crippen molar-refractivity contribution in [2.24, 2.45) is 0 Å². The van der Waals surface area contributed by atoms with Crippen LogP contribution in [0.25, 0.3) is 11.1 Å². The summed E-state index contributed by atoms with van der Waals surface area (Å²) in [6, 6.07) is 18.7. The molecule has 0 saturated heterocycles. The second-order valence-corrected chi connectivity index (χ2v) is 5.56. The van der Waals surface area contributed by atoms with E-state index in [1.807, 2.05) is 54.6 Å². The SMILES string of the molecule is O=C(NCCC(O)c1ccccc1)c1cccc(-c2ccoc2)c1. The van der Waals surface area contributed by atoms with Crippen LogP contribution in [0.4, 0.5) is 0 Å². The average molecular weight is 321 g/mol. The Morgan fingerprint density at radius 2 is 1.88 bits per heavy atom. The maximum atomic E-state index is 12.3. The number of nitrogens with one attached hydrogen (secondary N) is 1. The molecule has 1 aromatic heterocycles. The summed E-state index contributed by atoms with van der Waals surface area (Å²) in [7, 11) is 0. The van der Waals surface area contributed by atoms with Crippen LogP contribution in [0.3, 0.4) is 0 Å². The number of furan rings is 1. The van der Waals surface area contributed by atoms with Crippen LogP contribution in [0.5, 0.6) is 0 Å². The van der Waals surface area contributed by atoms with Gasteiger partial charge in [-0.1, -0.05) is 42.5 Å². The van der Waals surface area contributed by atoms with Crippen molar-refractivity contribution in [2.75, 3.05) is 6.54 Å². The molecule has 1 unspecified atom stereocenters. The number of rotatable bonds is 6. The number of carbonyl (C=O) groups is 1. The van der Waals surface area contributed by atoms with E-state index in [9.17, 15) is 9.90 Å². The standard InChI is InChI=1S/C20H19NO3/c22-19(15-5-2-1-3-6-15)9-11-21-20(23)17-8-4-7-16(13-17)18-10-12-24-14-18/h1-8,10,12-14,19,22H,9,11H2,(H,21,23). The van der Waals surface area contributed by atoms with E-state index < -0.39 is 6.10 Å². The monoisotopic (exact) mass is 321 g/mol. The first-order chi connectivity index (χ1) is 11.7. The van der Waals surface area contributed by atoms with E-state index in [2.05, 4.69) is 5.32 Å². The van der Waals surface area contributed by atoms with Crippen LogP contribution in [-0.2, 0) is 0 Å². The number of aliphatic hydroxyl groups is 1. The van der Waals surface area contributed by atoms with E-state index in [0.717, 1.165) is 16.7 Å². The number of hydrogen-bond acceptors (Lipinski definition) is 3. The fourth-order valence-electron chi connectivity index (χ4n) is 2.54. The highest BCUT2D eigenvalue weighted by atomic mass is 16.3. The van der Waals surface area contributed by atoms with Crippen molar-refractivity contribution in [3.8, 4) is 11.1 Å². The maximum Gasteiger partial charge on any atom is 0.251 e. The summed E-state index contributed by atoms with van der Waals surface area (Å²) in [5, 5.41) is 13.0. The van der Waals surface area contributed by atoms with Crippen LogP contribution in [-0.4, -0.2) is 17.6 Å². The highest BCUT2D eigenvalue weighted by Crippen LogP contribution is 2.21. The van der Waals surface area contributed by atoms with Gasteiger partial charge in [0.15, 0.2) is 0 Å². The number of aliphatic hydroxyl groups excluding tert-OH is 1. The molecule has 0 saturated carbocycles. The van der Waals surface area contributed by atoms with Crippen molar-refractivity contribution < 1.29 is 14.3 Å². The lowest BCUT2D eigenvalue weighted by Crippen LogP contribution is -2.25. The third-order valence-electron chi connectivity index (χ3n) is 3.87. The highest BCUT2D eigenvalue weighted by Gasteiger charge is 2.10. The Morgan fingerprint density at radius 1 is 1.04 bits per heavy atom. The van der Waals surface area contributed by atoms with E-state index in [-0.39, 0.29) is 5.91 Å². The van der Waals surface area contributed by atoms with E-state index in [0.29, 0.717) is 18.5 Å². The van der Waals surface area contributed by atoms with Gasteiger partial charge in [0.1, 0.15) is 0 Å². The molecule has 3 rings (SSSR count).